The van der Waals surface area contributed by atoms with Crippen LogP contribution in [-0.2, 0) is 4.79 Å². The van der Waals surface area contributed by atoms with Crippen molar-refractivity contribution >= 4 is 28.8 Å². The van der Waals surface area contributed by atoms with Gasteiger partial charge >= 0.3 is 0 Å². The molecule has 0 aliphatic rings. The van der Waals surface area contributed by atoms with Crippen molar-refractivity contribution in [2.75, 3.05) is 0 Å². The predicted octanol–water partition coefficient (Wildman–Crippen LogP) is 1.79. The fourth-order valence-electron chi connectivity index (χ4n) is 1.11. The van der Waals surface area contributed by atoms with Gasteiger partial charge in [-0.2, -0.15) is 0 Å². The molecule has 0 unspecified atom stereocenters. The van der Waals surface area contributed by atoms with Crippen LogP contribution in [0.2, 0.25) is 0 Å². The van der Waals surface area contributed by atoms with Crippen molar-refractivity contribution < 1.29 is 9.21 Å². The van der Waals surface area contributed by atoms with E-state index in [-0.39, 0.29) is 11.2 Å². The monoisotopic (exact) mass is 222 g/mol. The molecular weight excluding hydrogens is 212 g/mol. The average Bonchev–Trinajstić information content (AvgIpc) is 2.59. The minimum absolute atomic E-state index is 0.335. The third-order valence-electron chi connectivity index (χ3n) is 1.95. The number of carbonyl (C=O) groups is 1. The molecule has 1 aromatic heterocycles. The summed E-state index contributed by atoms with van der Waals surface area (Å²) >= 11 is 1.23. The van der Waals surface area contributed by atoms with E-state index in [4.69, 9.17) is 10.2 Å². The number of benzene rings is 1. The van der Waals surface area contributed by atoms with Crippen LogP contribution in [0.1, 0.15) is 6.92 Å². The number of rotatable bonds is 3. The topological polar surface area (TPSA) is 69.1 Å². The third-order valence-corrected chi connectivity index (χ3v) is 2.91. The number of amides is 1. The Kier molecular flexibility index (Phi) is 2.64. The summed E-state index contributed by atoms with van der Waals surface area (Å²) in [5.41, 5.74) is 6.66. The van der Waals surface area contributed by atoms with Gasteiger partial charge in [-0.3, -0.25) is 4.79 Å². The lowest BCUT2D eigenvalue weighted by atomic mass is 10.3. The van der Waals surface area contributed by atoms with Crippen LogP contribution in [0.15, 0.2) is 33.9 Å². The largest absolute Gasteiger partial charge is 0.431 e. The molecule has 1 heterocycles. The fourth-order valence-corrected chi connectivity index (χ4v) is 1.82. The molecule has 1 aromatic carbocycles. The van der Waals surface area contributed by atoms with Crippen molar-refractivity contribution in [1.29, 1.82) is 0 Å². The minimum atomic E-state index is -0.373. The molecule has 0 saturated carbocycles. The van der Waals surface area contributed by atoms with E-state index >= 15 is 0 Å². The van der Waals surface area contributed by atoms with Crippen molar-refractivity contribution in [3.05, 3.63) is 24.3 Å². The molecule has 0 saturated heterocycles. The molecule has 5 heteroatoms. The molecule has 4 nitrogen and oxygen atoms in total. The molecule has 0 spiro atoms. The number of nitrogens with zero attached hydrogens (tertiary/aromatic N) is 1. The van der Waals surface area contributed by atoms with E-state index in [0.29, 0.717) is 5.22 Å². The Hall–Kier alpha value is -1.49. The maximum Gasteiger partial charge on any atom is 0.257 e. The number of para-hydroxylation sites is 2. The summed E-state index contributed by atoms with van der Waals surface area (Å²) in [7, 11) is 0. The standard InChI is InChI=1S/C10H10N2O2S/c1-6(9(11)13)15-10-12-7-4-2-3-5-8(7)14-10/h2-6H,1H3,(H2,11,13)/t6-/m1/s1. The quantitative estimate of drug-likeness (QED) is 0.804. The Balaban J connectivity index is 2.26. The maximum absolute atomic E-state index is 10.9. The molecular formula is C10H10N2O2S. The lowest BCUT2D eigenvalue weighted by molar-refractivity contribution is -0.117. The SMILES string of the molecule is C[C@@H](Sc1nc2ccccc2o1)C(N)=O. The highest BCUT2D eigenvalue weighted by Crippen LogP contribution is 2.26. The van der Waals surface area contributed by atoms with Crippen molar-refractivity contribution in [2.24, 2.45) is 5.73 Å². The third kappa shape index (κ3) is 2.12. The van der Waals surface area contributed by atoms with E-state index < -0.39 is 0 Å². The van der Waals surface area contributed by atoms with Crippen molar-refractivity contribution in [2.45, 2.75) is 17.4 Å². The first-order valence-corrected chi connectivity index (χ1v) is 5.36. The van der Waals surface area contributed by atoms with Crippen LogP contribution >= 0.6 is 11.8 Å². The van der Waals surface area contributed by atoms with Gasteiger partial charge in [-0.1, -0.05) is 23.9 Å². The van der Waals surface area contributed by atoms with Gasteiger partial charge in [0.15, 0.2) is 5.58 Å². The van der Waals surface area contributed by atoms with Gasteiger partial charge in [-0.25, -0.2) is 4.98 Å². The van der Waals surface area contributed by atoms with E-state index in [9.17, 15) is 4.79 Å². The Morgan fingerprint density at radius 2 is 2.27 bits per heavy atom. The molecule has 2 rings (SSSR count). The molecule has 2 N–H and O–H groups in total. The van der Waals surface area contributed by atoms with Crippen LogP contribution < -0.4 is 5.73 Å². The zero-order valence-corrected chi connectivity index (χ0v) is 8.95. The Labute approximate surface area is 90.8 Å². The molecule has 78 valence electrons. The van der Waals surface area contributed by atoms with E-state index in [1.54, 1.807) is 6.92 Å². The van der Waals surface area contributed by atoms with Gasteiger partial charge in [0.2, 0.25) is 5.91 Å². The van der Waals surface area contributed by atoms with Crippen LogP contribution in [0.4, 0.5) is 0 Å². The number of nitrogens with two attached hydrogens (primary N) is 1. The smallest absolute Gasteiger partial charge is 0.257 e. The average molecular weight is 222 g/mol. The molecule has 15 heavy (non-hydrogen) atoms. The number of aromatic nitrogens is 1. The summed E-state index contributed by atoms with van der Waals surface area (Å²) < 4.78 is 5.43. The van der Waals surface area contributed by atoms with Gasteiger partial charge in [0.05, 0.1) is 5.25 Å². The lowest BCUT2D eigenvalue weighted by Gasteiger charge is -2.00. The second-order valence-corrected chi connectivity index (χ2v) is 4.40. The number of oxazole rings is 1. The first kappa shape index (κ1) is 10.0. The first-order valence-electron chi connectivity index (χ1n) is 4.48. The Morgan fingerprint density at radius 1 is 1.53 bits per heavy atom. The number of carbonyl (C=O) groups excluding carboxylic acids is 1. The highest BCUT2D eigenvalue weighted by atomic mass is 32.2. The fraction of sp³-hybridized carbons (Fsp3) is 0.200. The van der Waals surface area contributed by atoms with E-state index in [0.717, 1.165) is 11.1 Å². The number of thioether (sulfide) groups is 1. The first-order chi connectivity index (χ1) is 7.16. The molecule has 2 aromatic rings. The molecule has 0 fully saturated rings. The molecule has 1 atom stereocenters. The van der Waals surface area contributed by atoms with E-state index in [1.807, 2.05) is 24.3 Å². The Morgan fingerprint density at radius 3 is 2.93 bits per heavy atom. The summed E-state index contributed by atoms with van der Waals surface area (Å²) in [5.74, 6) is -0.373. The van der Waals surface area contributed by atoms with Gasteiger partial charge in [0, 0.05) is 0 Å². The summed E-state index contributed by atoms with van der Waals surface area (Å²) in [5, 5.41) is 0.139. The van der Waals surface area contributed by atoms with Gasteiger partial charge in [-0.05, 0) is 19.1 Å². The van der Waals surface area contributed by atoms with Crippen LogP contribution in [0.25, 0.3) is 11.1 Å². The van der Waals surface area contributed by atoms with Crippen molar-refractivity contribution in [3.63, 3.8) is 0 Å². The van der Waals surface area contributed by atoms with Crippen LogP contribution in [0, 0.1) is 0 Å². The lowest BCUT2D eigenvalue weighted by Crippen LogP contribution is -2.22. The van der Waals surface area contributed by atoms with Crippen LogP contribution in [-0.4, -0.2) is 16.1 Å². The summed E-state index contributed by atoms with van der Waals surface area (Å²) in [6.45, 7) is 1.72. The summed E-state index contributed by atoms with van der Waals surface area (Å²) in [6.07, 6.45) is 0. The van der Waals surface area contributed by atoms with Gasteiger partial charge in [-0.15, -0.1) is 0 Å². The molecule has 0 bridgehead atoms. The summed E-state index contributed by atoms with van der Waals surface area (Å²) in [6, 6.07) is 7.45. The van der Waals surface area contributed by atoms with E-state index in [2.05, 4.69) is 4.98 Å². The Bertz CT molecular complexity index is 462. The van der Waals surface area contributed by atoms with E-state index in [1.165, 1.54) is 11.8 Å². The molecule has 0 aliphatic carbocycles. The minimum Gasteiger partial charge on any atom is -0.431 e. The predicted molar refractivity (Wildman–Crippen MR) is 58.5 cm³/mol. The summed E-state index contributed by atoms with van der Waals surface area (Å²) in [4.78, 5) is 15.1. The maximum atomic E-state index is 10.9. The zero-order chi connectivity index (χ0) is 10.8. The van der Waals surface area contributed by atoms with Crippen molar-refractivity contribution in [1.82, 2.24) is 4.98 Å². The zero-order valence-electron chi connectivity index (χ0n) is 8.14. The van der Waals surface area contributed by atoms with Crippen molar-refractivity contribution in [3.8, 4) is 0 Å². The number of fused-ring (bicyclic) bond motifs is 1. The van der Waals surface area contributed by atoms with Gasteiger partial charge in [0.25, 0.3) is 5.22 Å². The second-order valence-electron chi connectivity index (χ2n) is 3.11. The number of hydrogen-bond donors (Lipinski definition) is 1. The van der Waals surface area contributed by atoms with Gasteiger partial charge < -0.3 is 10.2 Å². The molecule has 0 radical (unpaired) electrons. The van der Waals surface area contributed by atoms with Gasteiger partial charge in [0.1, 0.15) is 5.52 Å². The second kappa shape index (κ2) is 3.94. The van der Waals surface area contributed by atoms with Crippen LogP contribution in [0.5, 0.6) is 0 Å². The normalized spacial score (nSPS) is 12.9. The molecule has 1 amide bonds. The van der Waals surface area contributed by atoms with Crippen LogP contribution in [0.3, 0.4) is 0 Å². The highest BCUT2D eigenvalue weighted by molar-refractivity contribution is 8.00. The number of primary amides is 1. The highest BCUT2D eigenvalue weighted by Gasteiger charge is 2.14. The number of hydrogen-bond acceptors (Lipinski definition) is 4. The molecule has 0 aliphatic heterocycles.